The van der Waals surface area contributed by atoms with Crippen LogP contribution in [0, 0.1) is 5.92 Å². The summed E-state index contributed by atoms with van der Waals surface area (Å²) in [5.41, 5.74) is 6.15. The van der Waals surface area contributed by atoms with Crippen LogP contribution in [-0.4, -0.2) is 120 Å². The molecule has 0 fully saturated rings. The van der Waals surface area contributed by atoms with Crippen molar-refractivity contribution >= 4 is 104 Å². The zero-order valence-electron chi connectivity index (χ0n) is 30.2. The van der Waals surface area contributed by atoms with Gasteiger partial charge in [-0.1, -0.05) is 0 Å². The van der Waals surface area contributed by atoms with Crippen molar-refractivity contribution in [3.05, 3.63) is 95.4 Å². The summed E-state index contributed by atoms with van der Waals surface area (Å²) in [6.45, 7) is 0. The van der Waals surface area contributed by atoms with E-state index in [-0.39, 0.29) is 73.8 Å². The maximum atomic E-state index is 10.2. The maximum absolute atomic E-state index is 10.2. The molecule has 0 saturated heterocycles. The predicted molar refractivity (Wildman–Crippen MR) is 229 cm³/mol. The molecule has 0 aliphatic heterocycles. The normalized spacial score (nSPS) is 14.6. The summed E-state index contributed by atoms with van der Waals surface area (Å²) in [5.74, 6) is 1.04. The first-order valence-corrected chi connectivity index (χ1v) is 20.9. The van der Waals surface area contributed by atoms with E-state index in [1.165, 1.54) is 0 Å². The van der Waals surface area contributed by atoms with Gasteiger partial charge in [0.2, 0.25) is 0 Å². The SMILES string of the molecule is OC(CCl)CC(CC(O)CCl)=Nc1ccc([C+](c2ccc(N=C(CC(O)CCl)CC(O)CCl)cc2)c2ccc(N=C(CC(O)CCl)CC(O)CCl)cc2)cc1. The Morgan fingerprint density at radius 1 is 0.364 bits per heavy atom. The van der Waals surface area contributed by atoms with E-state index in [9.17, 15) is 30.6 Å². The van der Waals surface area contributed by atoms with Crippen LogP contribution < -0.4 is 0 Å². The lowest BCUT2D eigenvalue weighted by Crippen LogP contribution is -2.20. The summed E-state index contributed by atoms with van der Waals surface area (Å²) in [4.78, 5) is 14.1. The molecule has 6 atom stereocenters. The Morgan fingerprint density at radius 2 is 0.545 bits per heavy atom. The van der Waals surface area contributed by atoms with Gasteiger partial charge in [-0.3, -0.25) is 15.0 Å². The number of hydrogen-bond acceptors (Lipinski definition) is 9. The summed E-state index contributed by atoms with van der Waals surface area (Å²) >= 11 is 35.1. The highest BCUT2D eigenvalue weighted by Gasteiger charge is 2.24. The maximum Gasteiger partial charge on any atom is 0.0739 e. The Hall–Kier alpha value is -1.96. The van der Waals surface area contributed by atoms with Crippen molar-refractivity contribution in [3.63, 3.8) is 0 Å². The fourth-order valence-corrected chi connectivity index (χ4v) is 6.29. The van der Waals surface area contributed by atoms with E-state index in [2.05, 4.69) is 0 Å². The van der Waals surface area contributed by atoms with Gasteiger partial charge in [0, 0.05) is 90.9 Å². The van der Waals surface area contributed by atoms with E-state index >= 15 is 0 Å². The average Bonchev–Trinajstić information content (AvgIpc) is 3.19. The topological polar surface area (TPSA) is 158 Å². The van der Waals surface area contributed by atoms with Crippen molar-refractivity contribution in [2.24, 2.45) is 15.0 Å². The zero-order chi connectivity index (χ0) is 40.3. The molecule has 0 amide bonds. The largest absolute Gasteiger partial charge is 0.391 e. The minimum Gasteiger partial charge on any atom is -0.391 e. The van der Waals surface area contributed by atoms with Gasteiger partial charge in [-0.2, -0.15) is 0 Å². The zero-order valence-corrected chi connectivity index (χ0v) is 34.7. The first-order valence-electron chi connectivity index (χ1n) is 17.7. The predicted octanol–water partition coefficient (Wildman–Crippen LogP) is 7.86. The van der Waals surface area contributed by atoms with Gasteiger partial charge in [-0.25, -0.2) is 0 Å². The van der Waals surface area contributed by atoms with Crippen LogP contribution in [0.25, 0.3) is 0 Å². The van der Waals surface area contributed by atoms with Crippen LogP contribution in [0.15, 0.2) is 87.8 Å². The van der Waals surface area contributed by atoms with Crippen molar-refractivity contribution in [1.82, 2.24) is 0 Å². The van der Waals surface area contributed by atoms with E-state index in [1.54, 1.807) is 0 Å². The summed E-state index contributed by atoms with van der Waals surface area (Å²) in [6.07, 6.45) is -3.78. The molecular formula is C40H48Cl6N3O6+. The molecule has 3 aromatic rings. The molecule has 0 aliphatic carbocycles. The number of aliphatic hydroxyl groups is 6. The number of nitrogens with zero attached hydrogens (tertiary/aromatic N) is 3. The molecule has 3 aromatic carbocycles. The molecule has 55 heavy (non-hydrogen) atoms. The van der Waals surface area contributed by atoms with Gasteiger partial charge in [0.1, 0.15) is 0 Å². The molecule has 0 saturated carbocycles. The van der Waals surface area contributed by atoms with E-state index in [4.69, 9.17) is 84.6 Å². The molecule has 6 N–H and O–H groups in total. The van der Waals surface area contributed by atoms with Crippen molar-refractivity contribution in [1.29, 1.82) is 0 Å². The fourth-order valence-electron chi connectivity index (χ4n) is 5.64. The monoisotopic (exact) mass is 876 g/mol. The number of aliphatic hydroxyl groups excluding tert-OH is 6. The minimum absolute atomic E-state index is 0.0274. The van der Waals surface area contributed by atoms with Gasteiger partial charge in [0.25, 0.3) is 0 Å². The molecule has 0 spiro atoms. The van der Waals surface area contributed by atoms with Crippen LogP contribution >= 0.6 is 69.6 Å². The van der Waals surface area contributed by atoms with Crippen molar-refractivity contribution in [2.45, 2.75) is 75.1 Å². The minimum atomic E-state index is -0.819. The van der Waals surface area contributed by atoms with E-state index in [0.29, 0.717) is 34.2 Å². The lowest BCUT2D eigenvalue weighted by molar-refractivity contribution is 0.193. The third-order valence-electron chi connectivity index (χ3n) is 8.23. The second-order valence-corrected chi connectivity index (χ2v) is 15.0. The molecule has 0 bridgehead atoms. The van der Waals surface area contributed by atoms with Gasteiger partial charge < -0.3 is 30.6 Å². The number of aliphatic imine (C=N–C) groups is 3. The van der Waals surface area contributed by atoms with Crippen molar-refractivity contribution in [2.75, 3.05) is 35.3 Å². The van der Waals surface area contributed by atoms with Crippen LogP contribution in [0.1, 0.15) is 55.2 Å². The molecule has 3 rings (SSSR count). The van der Waals surface area contributed by atoms with Gasteiger partial charge >= 0.3 is 0 Å². The highest BCUT2D eigenvalue weighted by atomic mass is 35.5. The lowest BCUT2D eigenvalue weighted by Gasteiger charge is -2.16. The van der Waals surface area contributed by atoms with Gasteiger partial charge in [0.05, 0.1) is 76.3 Å². The van der Waals surface area contributed by atoms with Gasteiger partial charge in [0.15, 0.2) is 0 Å². The number of halogens is 6. The number of alkyl halides is 6. The molecule has 0 heterocycles. The van der Waals surface area contributed by atoms with Crippen molar-refractivity contribution in [3.8, 4) is 0 Å². The third-order valence-corrected chi connectivity index (χ3v) is 10.4. The molecule has 0 aliphatic rings. The van der Waals surface area contributed by atoms with E-state index < -0.39 is 36.6 Å². The average molecular weight is 880 g/mol. The third kappa shape index (κ3) is 16.8. The Kier molecular flexibility index (Phi) is 21.9. The lowest BCUT2D eigenvalue weighted by atomic mass is 9.85. The van der Waals surface area contributed by atoms with Crippen LogP contribution in [0.3, 0.4) is 0 Å². The molecule has 15 heteroatoms. The summed E-state index contributed by atoms with van der Waals surface area (Å²) in [5, 5.41) is 61.1. The Balaban J connectivity index is 2.07. The molecule has 0 aromatic heterocycles. The molecule has 6 unspecified atom stereocenters. The Labute approximate surface area is 353 Å². The van der Waals surface area contributed by atoms with E-state index in [1.807, 2.05) is 72.8 Å². The van der Waals surface area contributed by atoms with Crippen LogP contribution in [-0.2, 0) is 0 Å². The summed E-state index contributed by atoms with van der Waals surface area (Å²) in [6, 6.07) is 22.7. The fraction of sp³-hybridized carbons (Fsp3) is 0.450. The molecule has 9 nitrogen and oxygen atoms in total. The Bertz CT molecular complexity index is 1410. The van der Waals surface area contributed by atoms with Gasteiger partial charge in [-0.15, -0.1) is 69.6 Å². The van der Waals surface area contributed by atoms with Crippen LogP contribution in [0.5, 0.6) is 0 Å². The van der Waals surface area contributed by atoms with Crippen LogP contribution in [0.4, 0.5) is 17.1 Å². The summed E-state index contributed by atoms with van der Waals surface area (Å²) < 4.78 is 0. The molecular weight excluding hydrogens is 831 g/mol. The highest BCUT2D eigenvalue weighted by Crippen LogP contribution is 2.34. The number of rotatable bonds is 24. The quantitative estimate of drug-likeness (QED) is 0.0233. The van der Waals surface area contributed by atoms with Crippen LogP contribution in [0.2, 0.25) is 0 Å². The molecule has 300 valence electrons. The summed E-state index contributed by atoms with van der Waals surface area (Å²) in [7, 11) is 0. The molecule has 0 radical (unpaired) electrons. The van der Waals surface area contributed by atoms with Crippen molar-refractivity contribution < 1.29 is 30.6 Å². The number of hydrogen-bond donors (Lipinski definition) is 6. The van der Waals surface area contributed by atoms with E-state index in [0.717, 1.165) is 22.6 Å². The second kappa shape index (κ2) is 25.4. The highest BCUT2D eigenvalue weighted by molar-refractivity contribution is 6.19. The Morgan fingerprint density at radius 3 is 0.709 bits per heavy atom. The first kappa shape index (κ1) is 47.4. The number of benzene rings is 3. The standard InChI is InChI=1S/C40H48Cl6N3O6/c41-19-34(50)13-31(14-35(51)20-42)47-28-7-1-25(2-8-28)40(26-3-9-29(10-4-26)48-32(15-36(52)21-43)16-37(53)22-44)27-5-11-30(12-6-27)49-33(17-38(54)23-45)18-39(55)24-46/h1-12,34-39,50-55H,13-24H2/q+1. The smallest absolute Gasteiger partial charge is 0.0739 e. The second-order valence-electron chi connectivity index (χ2n) is 13.1. The first-order chi connectivity index (χ1) is 26.4. The van der Waals surface area contributed by atoms with Gasteiger partial charge in [-0.05, 0) is 72.8 Å².